The molecule has 1 amide bonds. The van der Waals surface area contributed by atoms with Crippen LogP contribution in [0.25, 0.3) is 0 Å². The van der Waals surface area contributed by atoms with E-state index in [2.05, 4.69) is 32.6 Å². The van der Waals surface area contributed by atoms with Crippen molar-refractivity contribution in [2.24, 2.45) is 0 Å². The second-order valence-electron chi connectivity index (χ2n) is 3.83. The lowest BCUT2D eigenvalue weighted by atomic mass is 10.2. The summed E-state index contributed by atoms with van der Waals surface area (Å²) in [5.41, 5.74) is 1.46. The maximum absolute atomic E-state index is 11.4. The molecule has 102 valence electrons. The summed E-state index contributed by atoms with van der Waals surface area (Å²) in [6.07, 6.45) is 0.390. The number of nitrogens with zero attached hydrogens (tertiary/aromatic N) is 1. The van der Waals surface area contributed by atoms with Crippen molar-refractivity contribution >= 4 is 27.5 Å². The maximum atomic E-state index is 11.4. The minimum Gasteiger partial charge on any atom is -0.384 e. The van der Waals surface area contributed by atoms with E-state index in [0.717, 1.165) is 10.2 Å². The summed E-state index contributed by atoms with van der Waals surface area (Å²) >= 11 is 3.31. The standard InChI is InChI=1S/C13H16BrN3O2/c1-19-7-6-17-13(18)4-5-16-11-3-2-10(9-15)12(14)8-11/h2-3,8,16H,4-7H2,1H3,(H,17,18). The zero-order valence-electron chi connectivity index (χ0n) is 10.7. The van der Waals surface area contributed by atoms with E-state index in [0.29, 0.717) is 31.7 Å². The molecule has 5 nitrogen and oxygen atoms in total. The van der Waals surface area contributed by atoms with E-state index in [4.69, 9.17) is 10.00 Å². The van der Waals surface area contributed by atoms with Crippen molar-refractivity contribution in [3.05, 3.63) is 28.2 Å². The Morgan fingerprint density at radius 3 is 2.89 bits per heavy atom. The molecule has 0 aliphatic heterocycles. The third kappa shape index (κ3) is 5.73. The summed E-state index contributed by atoms with van der Waals surface area (Å²) in [6.45, 7) is 1.58. The fourth-order valence-corrected chi connectivity index (χ4v) is 1.88. The van der Waals surface area contributed by atoms with Crippen LogP contribution in [0.3, 0.4) is 0 Å². The second kappa shape index (κ2) is 8.51. The molecule has 19 heavy (non-hydrogen) atoms. The molecule has 0 fully saturated rings. The number of ether oxygens (including phenoxy) is 1. The average Bonchev–Trinajstić information content (AvgIpc) is 2.39. The van der Waals surface area contributed by atoms with Gasteiger partial charge in [0.1, 0.15) is 6.07 Å². The first-order chi connectivity index (χ1) is 9.17. The third-order valence-corrected chi connectivity index (χ3v) is 3.06. The molecule has 0 unspecified atom stereocenters. The van der Waals surface area contributed by atoms with Crippen molar-refractivity contribution in [3.63, 3.8) is 0 Å². The van der Waals surface area contributed by atoms with Crippen LogP contribution in [0.5, 0.6) is 0 Å². The van der Waals surface area contributed by atoms with E-state index in [-0.39, 0.29) is 5.91 Å². The predicted molar refractivity (Wildman–Crippen MR) is 76.8 cm³/mol. The van der Waals surface area contributed by atoms with Gasteiger partial charge in [0, 0.05) is 36.8 Å². The molecule has 0 bridgehead atoms. The van der Waals surface area contributed by atoms with Crippen molar-refractivity contribution in [1.82, 2.24) is 5.32 Å². The van der Waals surface area contributed by atoms with Gasteiger partial charge >= 0.3 is 0 Å². The molecule has 1 aromatic carbocycles. The minimum absolute atomic E-state index is 0.0164. The van der Waals surface area contributed by atoms with Gasteiger partial charge in [-0.2, -0.15) is 5.26 Å². The van der Waals surface area contributed by atoms with Crippen LogP contribution in [0.4, 0.5) is 5.69 Å². The quantitative estimate of drug-likeness (QED) is 0.751. The van der Waals surface area contributed by atoms with Crippen LogP contribution in [-0.2, 0) is 9.53 Å². The first-order valence-corrected chi connectivity index (χ1v) is 6.66. The summed E-state index contributed by atoms with van der Waals surface area (Å²) in [4.78, 5) is 11.4. The van der Waals surface area contributed by atoms with Crippen LogP contribution >= 0.6 is 15.9 Å². The topological polar surface area (TPSA) is 74.2 Å². The van der Waals surface area contributed by atoms with E-state index in [1.807, 2.05) is 12.1 Å². The molecule has 0 saturated carbocycles. The predicted octanol–water partition coefficient (Wildman–Crippen LogP) is 1.89. The Balaban J connectivity index is 2.31. The highest BCUT2D eigenvalue weighted by atomic mass is 79.9. The van der Waals surface area contributed by atoms with Gasteiger partial charge < -0.3 is 15.4 Å². The van der Waals surface area contributed by atoms with E-state index in [9.17, 15) is 4.79 Å². The van der Waals surface area contributed by atoms with E-state index in [1.165, 1.54) is 0 Å². The SMILES string of the molecule is COCCNC(=O)CCNc1ccc(C#N)c(Br)c1. The molecule has 1 rings (SSSR count). The highest BCUT2D eigenvalue weighted by molar-refractivity contribution is 9.10. The van der Waals surface area contributed by atoms with Crippen LogP contribution in [0, 0.1) is 11.3 Å². The molecule has 6 heteroatoms. The van der Waals surface area contributed by atoms with Gasteiger partial charge in [-0.25, -0.2) is 0 Å². The Morgan fingerprint density at radius 1 is 1.47 bits per heavy atom. The van der Waals surface area contributed by atoms with Gasteiger partial charge in [0.2, 0.25) is 5.91 Å². The summed E-state index contributed by atoms with van der Waals surface area (Å²) in [6, 6.07) is 7.43. The number of rotatable bonds is 7. The summed E-state index contributed by atoms with van der Waals surface area (Å²) in [7, 11) is 1.59. The Morgan fingerprint density at radius 2 is 2.26 bits per heavy atom. The number of nitriles is 1. The third-order valence-electron chi connectivity index (χ3n) is 2.40. The molecule has 1 aromatic rings. The molecular weight excluding hydrogens is 310 g/mol. The van der Waals surface area contributed by atoms with Gasteiger partial charge in [-0.05, 0) is 34.1 Å². The maximum Gasteiger partial charge on any atom is 0.221 e. The number of hydrogen-bond acceptors (Lipinski definition) is 4. The highest BCUT2D eigenvalue weighted by Gasteiger charge is 2.02. The van der Waals surface area contributed by atoms with Gasteiger partial charge in [0.05, 0.1) is 12.2 Å². The monoisotopic (exact) mass is 325 g/mol. The number of amides is 1. The summed E-state index contributed by atoms with van der Waals surface area (Å²) in [5.74, 6) is -0.0164. The van der Waals surface area contributed by atoms with E-state index >= 15 is 0 Å². The van der Waals surface area contributed by atoms with Crippen LogP contribution in [0.15, 0.2) is 22.7 Å². The lowest BCUT2D eigenvalue weighted by Gasteiger charge is -2.08. The Labute approximate surface area is 121 Å². The normalized spacial score (nSPS) is 9.74. The molecule has 0 spiro atoms. The number of methoxy groups -OCH3 is 1. The van der Waals surface area contributed by atoms with Gasteiger partial charge in [-0.3, -0.25) is 4.79 Å². The zero-order chi connectivity index (χ0) is 14.1. The van der Waals surface area contributed by atoms with Gasteiger partial charge in [-0.1, -0.05) is 0 Å². The number of nitrogens with one attached hydrogen (secondary N) is 2. The Hall–Kier alpha value is -1.58. The number of carbonyl (C=O) groups is 1. The highest BCUT2D eigenvalue weighted by Crippen LogP contribution is 2.20. The summed E-state index contributed by atoms with van der Waals surface area (Å²) < 4.78 is 5.58. The Bertz CT molecular complexity index is 471. The molecule has 0 aromatic heterocycles. The molecule has 2 N–H and O–H groups in total. The molecule has 0 atom stereocenters. The average molecular weight is 326 g/mol. The van der Waals surface area contributed by atoms with Crippen LogP contribution < -0.4 is 10.6 Å². The first-order valence-electron chi connectivity index (χ1n) is 5.86. The molecule has 0 heterocycles. The number of benzene rings is 1. The van der Waals surface area contributed by atoms with Crippen LogP contribution in [0.1, 0.15) is 12.0 Å². The minimum atomic E-state index is -0.0164. The van der Waals surface area contributed by atoms with Crippen LogP contribution in [0.2, 0.25) is 0 Å². The fourth-order valence-electron chi connectivity index (χ4n) is 1.42. The lowest BCUT2D eigenvalue weighted by molar-refractivity contribution is -0.121. The van der Waals surface area contributed by atoms with E-state index in [1.54, 1.807) is 13.2 Å². The smallest absolute Gasteiger partial charge is 0.221 e. The van der Waals surface area contributed by atoms with E-state index < -0.39 is 0 Å². The van der Waals surface area contributed by atoms with Crippen molar-refractivity contribution < 1.29 is 9.53 Å². The largest absolute Gasteiger partial charge is 0.384 e. The first kappa shape index (κ1) is 15.5. The number of hydrogen-bond donors (Lipinski definition) is 2. The zero-order valence-corrected chi connectivity index (χ0v) is 12.3. The van der Waals surface area contributed by atoms with Crippen LogP contribution in [-0.4, -0.2) is 32.7 Å². The van der Waals surface area contributed by atoms with Crippen molar-refractivity contribution in [3.8, 4) is 6.07 Å². The van der Waals surface area contributed by atoms with Crippen molar-refractivity contribution in [1.29, 1.82) is 5.26 Å². The number of anilines is 1. The number of halogens is 1. The molecule has 0 aliphatic rings. The van der Waals surface area contributed by atoms with Crippen molar-refractivity contribution in [2.45, 2.75) is 6.42 Å². The molecule has 0 saturated heterocycles. The molecule has 0 aliphatic carbocycles. The summed E-state index contributed by atoms with van der Waals surface area (Å²) in [5, 5.41) is 14.7. The molecular formula is C13H16BrN3O2. The lowest BCUT2D eigenvalue weighted by Crippen LogP contribution is -2.28. The van der Waals surface area contributed by atoms with Crippen molar-refractivity contribution in [2.75, 3.05) is 32.1 Å². The Kier molecular flexibility index (Phi) is 6.93. The number of carbonyl (C=O) groups excluding carboxylic acids is 1. The van der Waals surface area contributed by atoms with Gasteiger partial charge in [0.15, 0.2) is 0 Å². The van der Waals surface area contributed by atoms with Gasteiger partial charge in [-0.15, -0.1) is 0 Å². The fraction of sp³-hybridized carbons (Fsp3) is 0.385. The van der Waals surface area contributed by atoms with Gasteiger partial charge in [0.25, 0.3) is 0 Å². The second-order valence-corrected chi connectivity index (χ2v) is 4.68. The molecule has 0 radical (unpaired) electrons.